The minimum atomic E-state index is -0.743. The highest BCUT2D eigenvalue weighted by molar-refractivity contribution is 6.05. The van der Waals surface area contributed by atoms with Crippen molar-refractivity contribution in [3.8, 4) is 0 Å². The molecule has 0 atom stereocenters. The van der Waals surface area contributed by atoms with E-state index in [4.69, 9.17) is 4.74 Å². The average Bonchev–Trinajstić information content (AvgIpc) is 3.20. The minimum absolute atomic E-state index is 0.0833. The molecular weight excluding hydrogens is 450 g/mol. The molecule has 1 heterocycles. The van der Waals surface area contributed by atoms with Crippen LogP contribution in [-0.2, 0) is 16.1 Å². The highest BCUT2D eigenvalue weighted by Gasteiger charge is 2.29. The van der Waals surface area contributed by atoms with E-state index in [0.717, 1.165) is 4.90 Å². The molecule has 1 aliphatic heterocycles. The number of hydrogen-bond acceptors (Lipinski definition) is 6. The summed E-state index contributed by atoms with van der Waals surface area (Å²) in [5, 5.41) is 5.17. The van der Waals surface area contributed by atoms with Crippen LogP contribution >= 0.6 is 0 Å². The summed E-state index contributed by atoms with van der Waals surface area (Å²) in [6.45, 7) is -0.666. The number of rotatable bonds is 8. The van der Waals surface area contributed by atoms with Crippen molar-refractivity contribution in [2.45, 2.75) is 6.54 Å². The Morgan fingerprint density at radius 1 is 0.857 bits per heavy atom. The van der Waals surface area contributed by atoms with Crippen LogP contribution in [0.4, 0.5) is 10.5 Å². The second-order valence-electron chi connectivity index (χ2n) is 7.69. The molecule has 3 aromatic carbocycles. The molecule has 3 aromatic rings. The van der Waals surface area contributed by atoms with Crippen LogP contribution in [0.5, 0.6) is 0 Å². The van der Waals surface area contributed by atoms with Crippen LogP contribution in [-0.4, -0.2) is 47.6 Å². The number of esters is 1. The number of ether oxygens (including phenoxy) is 1. The lowest BCUT2D eigenvalue weighted by molar-refractivity contribution is -0.125. The highest BCUT2D eigenvalue weighted by Crippen LogP contribution is 2.16. The summed E-state index contributed by atoms with van der Waals surface area (Å²) in [6.07, 6.45) is 0. The molecule has 0 radical (unpaired) electrons. The molecule has 0 unspecified atom stereocenters. The fraction of sp³-hybridized carbons (Fsp3) is 0.115. The van der Waals surface area contributed by atoms with Gasteiger partial charge < -0.3 is 15.4 Å². The van der Waals surface area contributed by atoms with Gasteiger partial charge in [0.25, 0.3) is 5.91 Å². The van der Waals surface area contributed by atoms with Gasteiger partial charge >= 0.3 is 12.0 Å². The van der Waals surface area contributed by atoms with E-state index < -0.39 is 30.3 Å². The lowest BCUT2D eigenvalue weighted by atomic mass is 10.1. The molecule has 0 aromatic heterocycles. The predicted octanol–water partition coefficient (Wildman–Crippen LogP) is 3.03. The van der Waals surface area contributed by atoms with Crippen molar-refractivity contribution in [2.75, 3.05) is 18.5 Å². The van der Waals surface area contributed by atoms with Crippen LogP contribution < -0.4 is 10.6 Å². The number of urea groups is 1. The van der Waals surface area contributed by atoms with Crippen LogP contribution in [0, 0.1) is 0 Å². The maximum Gasteiger partial charge on any atom is 0.338 e. The Kier molecular flexibility index (Phi) is 6.96. The van der Waals surface area contributed by atoms with Gasteiger partial charge in [-0.05, 0) is 48.0 Å². The van der Waals surface area contributed by atoms with Gasteiger partial charge in [0.15, 0.2) is 12.4 Å². The zero-order valence-corrected chi connectivity index (χ0v) is 18.5. The highest BCUT2D eigenvalue weighted by atomic mass is 16.5. The molecule has 0 aliphatic carbocycles. The number of Topliss-reactive ketones (excluding diaryl/α,β-unsaturated/α-hetero) is 1. The number of anilines is 1. The second-order valence-corrected chi connectivity index (χ2v) is 7.69. The maximum atomic E-state index is 12.6. The lowest BCUT2D eigenvalue weighted by Crippen LogP contribution is -2.31. The number of ketones is 1. The summed E-state index contributed by atoms with van der Waals surface area (Å²) < 4.78 is 5.19. The third-order valence-corrected chi connectivity index (χ3v) is 5.34. The number of imide groups is 1. The largest absolute Gasteiger partial charge is 0.454 e. The summed E-state index contributed by atoms with van der Waals surface area (Å²) in [7, 11) is 0. The fourth-order valence-corrected chi connectivity index (χ4v) is 3.47. The Bertz CT molecular complexity index is 1270. The maximum absolute atomic E-state index is 12.6. The summed E-state index contributed by atoms with van der Waals surface area (Å²) in [4.78, 5) is 62.0. The number of amides is 4. The number of nitrogens with one attached hydrogen (secondary N) is 2. The van der Waals surface area contributed by atoms with E-state index in [2.05, 4.69) is 10.6 Å². The van der Waals surface area contributed by atoms with Crippen LogP contribution in [0.1, 0.15) is 36.6 Å². The zero-order chi connectivity index (χ0) is 24.8. The first kappa shape index (κ1) is 23.4. The first-order valence-electron chi connectivity index (χ1n) is 10.8. The Hall–Kier alpha value is -4.79. The van der Waals surface area contributed by atoms with Gasteiger partial charge in [-0.25, -0.2) is 9.59 Å². The van der Waals surface area contributed by atoms with Crippen LogP contribution in [0.15, 0.2) is 78.9 Å². The Morgan fingerprint density at radius 2 is 1.54 bits per heavy atom. The summed E-state index contributed by atoms with van der Waals surface area (Å²) in [5.41, 5.74) is 1.92. The van der Waals surface area contributed by atoms with Gasteiger partial charge in [0, 0.05) is 16.8 Å². The molecule has 2 N–H and O–H groups in total. The molecule has 1 saturated heterocycles. The van der Waals surface area contributed by atoms with Gasteiger partial charge in [-0.1, -0.05) is 36.4 Å². The van der Waals surface area contributed by atoms with Gasteiger partial charge in [0.05, 0.1) is 18.7 Å². The van der Waals surface area contributed by atoms with Gasteiger partial charge in [-0.3, -0.25) is 19.3 Å². The molecule has 35 heavy (non-hydrogen) atoms. The van der Waals surface area contributed by atoms with Crippen LogP contribution in [0.3, 0.4) is 0 Å². The topological polar surface area (TPSA) is 122 Å². The molecular formula is C26H21N3O6. The summed E-state index contributed by atoms with van der Waals surface area (Å²) in [6, 6.07) is 20.8. The van der Waals surface area contributed by atoms with Crippen molar-refractivity contribution in [3.63, 3.8) is 0 Å². The standard InChI is InChI=1S/C26H21N3O6/c30-22(17-10-12-20(13-11-17)28-24(32)18-6-2-1-3-7-18)16-35-25(33)21-9-5-4-8-19(21)15-29-23(31)14-27-26(29)34/h1-13H,14-16H2,(H,27,34)(H,28,32). The van der Waals surface area contributed by atoms with E-state index in [9.17, 15) is 24.0 Å². The van der Waals surface area contributed by atoms with E-state index in [1.54, 1.807) is 54.6 Å². The van der Waals surface area contributed by atoms with E-state index in [0.29, 0.717) is 22.4 Å². The molecule has 176 valence electrons. The molecule has 4 amide bonds. The van der Waals surface area contributed by atoms with Crippen molar-refractivity contribution in [2.24, 2.45) is 0 Å². The van der Waals surface area contributed by atoms with Gasteiger partial charge in [-0.15, -0.1) is 0 Å². The number of benzene rings is 3. The fourth-order valence-electron chi connectivity index (χ4n) is 3.47. The third kappa shape index (κ3) is 5.59. The quantitative estimate of drug-likeness (QED) is 0.296. The Balaban J connectivity index is 1.35. The average molecular weight is 471 g/mol. The number of nitrogens with zero attached hydrogens (tertiary/aromatic N) is 1. The summed E-state index contributed by atoms with van der Waals surface area (Å²) in [5.74, 6) is -1.83. The van der Waals surface area contributed by atoms with Crippen molar-refractivity contribution in [1.29, 1.82) is 0 Å². The van der Waals surface area contributed by atoms with E-state index in [1.807, 2.05) is 6.07 Å². The van der Waals surface area contributed by atoms with Crippen LogP contribution in [0.25, 0.3) is 0 Å². The first-order chi connectivity index (χ1) is 16.9. The van der Waals surface area contributed by atoms with Gasteiger partial charge in [0.1, 0.15) is 0 Å². The molecule has 0 spiro atoms. The number of carbonyl (C=O) groups is 5. The Morgan fingerprint density at radius 3 is 2.23 bits per heavy atom. The summed E-state index contributed by atoms with van der Waals surface area (Å²) >= 11 is 0. The zero-order valence-electron chi connectivity index (χ0n) is 18.5. The molecule has 0 saturated carbocycles. The molecule has 9 heteroatoms. The smallest absolute Gasteiger partial charge is 0.338 e. The van der Waals surface area contributed by atoms with E-state index in [-0.39, 0.29) is 24.6 Å². The molecule has 9 nitrogen and oxygen atoms in total. The van der Waals surface area contributed by atoms with E-state index in [1.165, 1.54) is 18.2 Å². The lowest BCUT2D eigenvalue weighted by Gasteiger charge is -2.15. The third-order valence-electron chi connectivity index (χ3n) is 5.34. The van der Waals surface area contributed by atoms with Crippen LogP contribution in [0.2, 0.25) is 0 Å². The monoisotopic (exact) mass is 471 g/mol. The normalized spacial score (nSPS) is 12.7. The molecule has 4 rings (SSSR count). The van der Waals surface area contributed by atoms with Crippen molar-refractivity contribution >= 4 is 35.3 Å². The van der Waals surface area contributed by atoms with Gasteiger partial charge in [-0.2, -0.15) is 0 Å². The predicted molar refractivity (Wildman–Crippen MR) is 126 cm³/mol. The Labute approximate surface area is 200 Å². The van der Waals surface area contributed by atoms with Crippen molar-refractivity contribution in [3.05, 3.63) is 101 Å². The van der Waals surface area contributed by atoms with Crippen molar-refractivity contribution < 1.29 is 28.7 Å². The minimum Gasteiger partial charge on any atom is -0.454 e. The SMILES string of the molecule is O=C(COC(=O)c1ccccc1CN1C(=O)CNC1=O)c1ccc(NC(=O)c2ccccc2)cc1. The van der Waals surface area contributed by atoms with Gasteiger partial charge in [0.2, 0.25) is 5.91 Å². The second kappa shape index (κ2) is 10.4. The number of hydrogen-bond donors (Lipinski definition) is 2. The van der Waals surface area contributed by atoms with Crippen molar-refractivity contribution in [1.82, 2.24) is 10.2 Å². The molecule has 0 bridgehead atoms. The first-order valence-corrected chi connectivity index (χ1v) is 10.8. The molecule has 1 fully saturated rings. The number of carbonyl (C=O) groups excluding carboxylic acids is 5. The van der Waals surface area contributed by atoms with E-state index >= 15 is 0 Å². The molecule has 1 aliphatic rings.